The molecular weight excluding hydrogens is 546 g/mol. The minimum Gasteiger partial charge on any atom is -0.455 e. The van der Waals surface area contributed by atoms with Crippen molar-refractivity contribution in [2.45, 2.75) is 175 Å². The Balaban J connectivity index is 2.59. The molecule has 1 aliphatic heterocycles. The van der Waals surface area contributed by atoms with Gasteiger partial charge in [-0.3, -0.25) is 0 Å². The van der Waals surface area contributed by atoms with E-state index in [0.29, 0.717) is 0 Å². The number of benzene rings is 2. The fourth-order valence-corrected chi connectivity index (χ4v) is 15.5. The van der Waals surface area contributed by atoms with Gasteiger partial charge in [-0.25, -0.2) is 0 Å². The highest BCUT2D eigenvalue weighted by Gasteiger charge is 2.46. The first-order valence-corrected chi connectivity index (χ1v) is 18.7. The maximum atomic E-state index is 7.49. The zero-order valence-electron chi connectivity index (χ0n) is 31.1. The Bertz CT molecular complexity index is 1190. The zero-order chi connectivity index (χ0) is 32.8. The molecule has 0 atom stereocenters. The predicted molar refractivity (Wildman–Crippen MR) is 195 cm³/mol. The quantitative estimate of drug-likeness (QED) is 0.307. The number of hydrogen-bond acceptors (Lipinski definition) is 1. The summed E-state index contributed by atoms with van der Waals surface area (Å²) in [6, 6.07) is 10.0. The summed E-state index contributed by atoms with van der Waals surface area (Å²) < 4.78 is 7.49. The molecule has 0 N–H and O–H groups in total. The summed E-state index contributed by atoms with van der Waals surface area (Å²) in [5, 5.41) is 3.41. The SMILES string of the molecule is CC(C)(C)c1cc(P(C(C)(C)C)C(C)(C)C)c2c(c1)C(C)(C)c1cc(C(C)(C)C)cc(P(C(C)(C)C)C(C)(C)C)c1O2. The van der Waals surface area contributed by atoms with E-state index < -0.39 is 15.8 Å². The number of rotatable bonds is 2. The molecule has 0 saturated heterocycles. The van der Waals surface area contributed by atoms with Crippen molar-refractivity contribution in [2.75, 3.05) is 0 Å². The molecule has 0 bridgehead atoms. The minimum atomic E-state index is -0.561. The van der Waals surface area contributed by atoms with Gasteiger partial charge in [-0.1, -0.05) is 166 Å². The van der Waals surface area contributed by atoms with Gasteiger partial charge in [-0.05, 0) is 54.7 Å². The van der Waals surface area contributed by atoms with Gasteiger partial charge in [0.15, 0.2) is 0 Å². The van der Waals surface area contributed by atoms with Crippen LogP contribution >= 0.6 is 15.8 Å². The molecule has 0 radical (unpaired) electrons. The van der Waals surface area contributed by atoms with Gasteiger partial charge in [0.2, 0.25) is 0 Å². The van der Waals surface area contributed by atoms with Crippen LogP contribution in [-0.2, 0) is 16.2 Å². The summed E-state index contributed by atoms with van der Waals surface area (Å²) in [6.45, 7) is 48.2. The first-order valence-electron chi connectivity index (χ1n) is 16.1. The van der Waals surface area contributed by atoms with Crippen molar-refractivity contribution in [1.82, 2.24) is 0 Å². The Morgan fingerprint density at radius 2 is 0.714 bits per heavy atom. The molecule has 1 aliphatic rings. The second-order valence-corrected chi connectivity index (χ2v) is 27.0. The van der Waals surface area contributed by atoms with Crippen molar-refractivity contribution in [2.24, 2.45) is 0 Å². The van der Waals surface area contributed by atoms with Crippen molar-refractivity contribution in [3.8, 4) is 11.5 Å². The van der Waals surface area contributed by atoms with Crippen molar-refractivity contribution < 1.29 is 4.74 Å². The van der Waals surface area contributed by atoms with Gasteiger partial charge in [-0.2, -0.15) is 0 Å². The molecule has 0 aromatic heterocycles. The summed E-state index contributed by atoms with van der Waals surface area (Å²) in [7, 11) is -1.12. The van der Waals surface area contributed by atoms with Crippen LogP contribution in [-0.4, -0.2) is 20.6 Å². The van der Waals surface area contributed by atoms with Crippen LogP contribution in [0.2, 0.25) is 0 Å². The van der Waals surface area contributed by atoms with Crippen LogP contribution in [0.3, 0.4) is 0 Å². The average Bonchev–Trinajstić information content (AvgIpc) is 2.69. The van der Waals surface area contributed by atoms with Crippen LogP contribution in [0.5, 0.6) is 11.5 Å². The highest BCUT2D eigenvalue weighted by atomic mass is 31.1. The van der Waals surface area contributed by atoms with Gasteiger partial charge in [0.1, 0.15) is 11.5 Å². The van der Waals surface area contributed by atoms with Gasteiger partial charge >= 0.3 is 0 Å². The molecule has 0 saturated carbocycles. The van der Waals surface area contributed by atoms with Crippen LogP contribution in [0, 0.1) is 0 Å². The Hall–Kier alpha value is -0.900. The summed E-state index contributed by atoms with van der Waals surface area (Å²) >= 11 is 0. The first kappa shape index (κ1) is 35.6. The van der Waals surface area contributed by atoms with Gasteiger partial charge in [0.05, 0.1) is 0 Å². The van der Waals surface area contributed by atoms with E-state index in [1.807, 2.05) is 0 Å². The van der Waals surface area contributed by atoms with E-state index in [0.717, 1.165) is 11.5 Å². The summed E-state index contributed by atoms with van der Waals surface area (Å²) in [6.07, 6.45) is 0. The first-order chi connectivity index (χ1) is 18.4. The van der Waals surface area contributed by atoms with E-state index >= 15 is 0 Å². The Morgan fingerprint density at radius 1 is 0.452 bits per heavy atom. The lowest BCUT2D eigenvalue weighted by Gasteiger charge is -2.47. The zero-order valence-corrected chi connectivity index (χ0v) is 32.9. The maximum absolute atomic E-state index is 7.49. The second-order valence-electron chi connectivity index (χ2n) is 19.3. The molecule has 3 rings (SSSR count). The van der Waals surface area contributed by atoms with Crippen LogP contribution in [0.25, 0.3) is 0 Å². The molecule has 0 spiro atoms. The van der Waals surface area contributed by atoms with Gasteiger partial charge < -0.3 is 4.74 Å². The lowest BCUT2D eigenvalue weighted by molar-refractivity contribution is 0.421. The third-order valence-electron chi connectivity index (χ3n) is 8.59. The molecule has 3 heteroatoms. The minimum absolute atomic E-state index is 0.0438. The second kappa shape index (κ2) is 10.6. The van der Waals surface area contributed by atoms with Crippen LogP contribution in [0.15, 0.2) is 24.3 Å². The molecule has 1 heterocycles. The maximum Gasteiger partial charge on any atom is 0.139 e. The van der Waals surface area contributed by atoms with Crippen molar-refractivity contribution in [3.63, 3.8) is 0 Å². The highest BCUT2D eigenvalue weighted by molar-refractivity contribution is 7.69. The van der Waals surface area contributed by atoms with E-state index in [1.165, 1.54) is 32.9 Å². The molecule has 236 valence electrons. The van der Waals surface area contributed by atoms with Crippen molar-refractivity contribution in [3.05, 3.63) is 46.5 Å². The molecule has 42 heavy (non-hydrogen) atoms. The van der Waals surface area contributed by atoms with E-state index in [-0.39, 0.29) is 36.9 Å². The molecular formula is C39H64OP2. The molecule has 1 nitrogen and oxygen atoms in total. The van der Waals surface area contributed by atoms with E-state index in [4.69, 9.17) is 4.74 Å². The number of hydrogen-bond donors (Lipinski definition) is 0. The third-order valence-corrected chi connectivity index (χ3v) is 15.6. The smallest absolute Gasteiger partial charge is 0.139 e. The molecule has 2 aromatic rings. The van der Waals surface area contributed by atoms with E-state index in [2.05, 4.69) is 163 Å². The fraction of sp³-hybridized carbons (Fsp3) is 0.692. The van der Waals surface area contributed by atoms with Crippen LogP contribution in [0.4, 0.5) is 0 Å². The number of ether oxygens (including phenoxy) is 1. The van der Waals surface area contributed by atoms with Crippen LogP contribution < -0.4 is 15.3 Å². The monoisotopic (exact) mass is 610 g/mol. The van der Waals surface area contributed by atoms with Gasteiger partial charge in [0.25, 0.3) is 0 Å². The average molecular weight is 611 g/mol. The van der Waals surface area contributed by atoms with Gasteiger partial charge in [0, 0.05) is 27.2 Å². The predicted octanol–water partition coefficient (Wildman–Crippen LogP) is 12.1. The lowest BCUT2D eigenvalue weighted by Crippen LogP contribution is -2.38. The molecule has 0 aliphatic carbocycles. The third kappa shape index (κ3) is 6.84. The molecule has 0 unspecified atom stereocenters. The standard InChI is InChI=1S/C39H64OP2/c1-33(2,3)25-21-27-31(29(23-25)41(35(7,8)9)36(10,11)12)40-32-28(39(27,19)20)22-26(34(4,5)6)24-30(32)42(37(13,14)15)38(16,17)18/h21-24H,1-20H3. The van der Waals surface area contributed by atoms with Crippen molar-refractivity contribution >= 4 is 26.5 Å². The summed E-state index contributed by atoms with van der Waals surface area (Å²) in [4.78, 5) is 0. The van der Waals surface area contributed by atoms with Crippen LogP contribution in [0.1, 0.15) is 161 Å². The number of fused-ring (bicyclic) bond motifs is 2. The Morgan fingerprint density at radius 3 is 0.929 bits per heavy atom. The van der Waals surface area contributed by atoms with Gasteiger partial charge in [-0.15, -0.1) is 0 Å². The largest absolute Gasteiger partial charge is 0.455 e. The normalized spacial score (nSPS) is 16.4. The summed E-state index contributed by atoms with van der Waals surface area (Å²) in [5.41, 5.74) is 5.43. The van der Waals surface area contributed by atoms with E-state index in [1.54, 1.807) is 0 Å². The Kier molecular flexibility index (Phi) is 8.97. The Labute approximate surface area is 263 Å². The fourth-order valence-electron chi connectivity index (χ4n) is 7.27. The molecule has 0 amide bonds. The molecule has 0 fully saturated rings. The molecule has 2 aromatic carbocycles. The summed E-state index contributed by atoms with van der Waals surface area (Å²) in [5.74, 6) is 2.28. The topological polar surface area (TPSA) is 9.23 Å². The highest BCUT2D eigenvalue weighted by Crippen LogP contribution is 2.64. The van der Waals surface area contributed by atoms with Crippen molar-refractivity contribution in [1.29, 1.82) is 0 Å². The lowest BCUT2D eigenvalue weighted by atomic mass is 9.72. The van der Waals surface area contributed by atoms with E-state index in [9.17, 15) is 0 Å².